The van der Waals surface area contributed by atoms with Crippen molar-refractivity contribution in [3.05, 3.63) is 0 Å². The van der Waals surface area contributed by atoms with Crippen molar-refractivity contribution >= 4 is 47.0 Å². The van der Waals surface area contributed by atoms with Crippen molar-refractivity contribution in [2.24, 2.45) is 17.2 Å². The van der Waals surface area contributed by atoms with Gasteiger partial charge >= 0.3 is 0 Å². The molecule has 94 heavy (non-hydrogen) atoms. The highest BCUT2D eigenvalue weighted by Gasteiger charge is 2.59. The Kier molecular flexibility index (Phi) is 30.4. The van der Waals surface area contributed by atoms with E-state index in [4.69, 9.17) is 83.5 Å². The first-order chi connectivity index (χ1) is 44.9. The quantitative estimate of drug-likeness (QED) is 0.0306. The Morgan fingerprint density at radius 3 is 0.745 bits per heavy atom. The van der Waals surface area contributed by atoms with Crippen LogP contribution in [0.25, 0.3) is 0 Å². The van der Waals surface area contributed by atoms with E-state index in [1.807, 2.05) is 6.92 Å². The average Bonchev–Trinajstić information content (AvgIpc) is 0.789. The van der Waals surface area contributed by atoms with E-state index in [1.54, 1.807) is 11.8 Å². The van der Waals surface area contributed by atoms with E-state index in [0.29, 0.717) is 24.0 Å². The molecule has 21 rings (SSSR count). The second-order valence-corrected chi connectivity index (χ2v) is 27.2. The van der Waals surface area contributed by atoms with Gasteiger partial charge in [-0.2, -0.15) is 35.3 Å². The molecule has 21 heterocycles. The van der Waals surface area contributed by atoms with Gasteiger partial charge in [0.15, 0.2) is 44.0 Å². The van der Waals surface area contributed by atoms with Crippen molar-refractivity contribution < 1.29 is 173 Å². The minimum Gasteiger partial charge on any atom is -0.394 e. The van der Waals surface area contributed by atoms with Gasteiger partial charge < -0.3 is 169 Å². The zero-order valence-corrected chi connectivity index (χ0v) is 53.4. The van der Waals surface area contributed by atoms with Gasteiger partial charge in [0.05, 0.1) is 58.3 Å². The maximum Gasteiger partial charge on any atom is 0.252 e. The summed E-state index contributed by atoms with van der Waals surface area (Å²) >= 11 is 4.06. The molecule has 546 valence electrons. The summed E-state index contributed by atoms with van der Waals surface area (Å²) in [4.78, 5) is 6.14. The Morgan fingerprint density at radius 1 is 0.309 bits per heavy atom. The molecule has 14 unspecified atom stereocenters. The Balaban J connectivity index is 1.08. The van der Waals surface area contributed by atoms with Gasteiger partial charge in [0, 0.05) is 35.3 Å². The summed E-state index contributed by atoms with van der Waals surface area (Å²) in [6.07, 6.45) is -67.9. The molecule has 21 saturated heterocycles. The molecule has 21 aliphatic rings. The second kappa shape index (κ2) is 36.5. The first-order valence-electron chi connectivity index (χ1n) is 30.8. The van der Waals surface area contributed by atoms with Crippen molar-refractivity contribution in [2.75, 3.05) is 87.2 Å². The number of rotatable bonds is 20. The number of hydrogen-bond acceptors (Lipinski definition) is 37. The number of hydrogen-bond donors (Lipinski definition) is 24. The fourth-order valence-corrected chi connectivity index (χ4v) is 14.2. The van der Waals surface area contributed by atoms with Crippen LogP contribution in [0, 0.1) is 0 Å². The fourth-order valence-electron chi connectivity index (χ4n) is 11.9. The SMILES string of the molecule is CCSCC[NH+]=C(N)CC(N)=[NH+]CCSCC1O[C@H]2O[C@H]3C(CO)O[C@H](O[C@H]4C(CO)O[C@H](O[C@H]5C(CSCCN)O[C@H](O[C@H]6C(CO)O[C@@H](O[C@H]7C(CO)O[C@@H](O[C@H]8C(CO)O[C@@H](O[C@@H]1[C@H](O)C2O)C(O)[C@H]8O)C(O)[C@H]7O)C(O)[C@H]6O)C(O)[C@H]5O)C(O)[C@H]4O)C(O)[C@H]3O. The summed E-state index contributed by atoms with van der Waals surface area (Å²) in [7, 11) is 0. The minimum atomic E-state index is -2.20. The van der Waals surface area contributed by atoms with Crippen LogP contribution in [0.4, 0.5) is 0 Å². The molecule has 0 amide bonds. The van der Waals surface area contributed by atoms with E-state index in [2.05, 4.69) is 9.98 Å². The van der Waals surface area contributed by atoms with Crippen LogP contribution in [0.1, 0.15) is 13.3 Å². The van der Waals surface area contributed by atoms with Crippen LogP contribution in [0.2, 0.25) is 0 Å². The molecule has 14 bridgehead atoms. The third kappa shape index (κ3) is 18.3. The number of amidine groups is 2. The molecule has 0 aromatic carbocycles. The summed E-state index contributed by atoms with van der Waals surface area (Å²) in [5, 5.41) is 216. The predicted molar refractivity (Wildman–Crippen MR) is 316 cm³/mol. The molecular formula is C53H95N5O33S3+2. The maximum atomic E-state index is 11.9. The predicted octanol–water partition coefficient (Wildman–Crippen LogP) is -16.8. The Labute approximate surface area is 551 Å². The van der Waals surface area contributed by atoms with Crippen LogP contribution in [-0.2, 0) is 66.3 Å². The average molecular weight is 1430 g/mol. The summed E-state index contributed by atoms with van der Waals surface area (Å²) < 4.78 is 83.1. The number of aliphatic hydroxyl groups is 19. The number of aliphatic hydroxyl groups excluding tert-OH is 19. The van der Waals surface area contributed by atoms with E-state index >= 15 is 0 Å². The minimum absolute atomic E-state index is 0.107. The molecule has 0 aromatic heterocycles. The highest BCUT2D eigenvalue weighted by molar-refractivity contribution is 7.99. The molecule has 35 atom stereocenters. The molecular weight excluding hydrogens is 1330 g/mol. The zero-order valence-electron chi connectivity index (χ0n) is 51.0. The van der Waals surface area contributed by atoms with Gasteiger partial charge in [0.1, 0.15) is 165 Å². The van der Waals surface area contributed by atoms with E-state index in [1.165, 1.54) is 11.8 Å². The van der Waals surface area contributed by atoms with Crippen LogP contribution in [0.15, 0.2) is 0 Å². The highest BCUT2D eigenvalue weighted by atomic mass is 32.2. The number of ether oxygens (including phenoxy) is 14. The lowest BCUT2D eigenvalue weighted by Gasteiger charge is -2.50. The van der Waals surface area contributed by atoms with E-state index in [9.17, 15) is 97.0 Å². The van der Waals surface area contributed by atoms with E-state index < -0.39 is 248 Å². The summed E-state index contributed by atoms with van der Waals surface area (Å²) in [6.45, 7) is -2.07. The van der Waals surface area contributed by atoms with Gasteiger partial charge in [-0.05, 0) is 5.75 Å². The van der Waals surface area contributed by atoms with Gasteiger partial charge in [0.25, 0.3) is 11.7 Å². The van der Waals surface area contributed by atoms with Gasteiger partial charge in [-0.15, -0.1) is 0 Å². The Bertz CT molecular complexity index is 2330. The molecule has 0 aromatic rings. The molecule has 0 spiro atoms. The van der Waals surface area contributed by atoms with Crippen LogP contribution >= 0.6 is 35.3 Å². The first kappa shape index (κ1) is 78.4. The number of nitrogens with one attached hydrogen (secondary N) is 2. The van der Waals surface area contributed by atoms with Crippen molar-refractivity contribution in [3.8, 4) is 0 Å². The van der Waals surface area contributed by atoms with Crippen molar-refractivity contribution in [3.63, 3.8) is 0 Å². The van der Waals surface area contributed by atoms with Crippen LogP contribution in [-0.4, -0.2) is 411 Å². The van der Waals surface area contributed by atoms with Crippen molar-refractivity contribution in [1.29, 1.82) is 0 Å². The molecule has 0 saturated carbocycles. The first-order valence-corrected chi connectivity index (χ1v) is 34.3. The maximum absolute atomic E-state index is 11.9. The molecule has 0 radical (unpaired) electrons. The highest BCUT2D eigenvalue weighted by Crippen LogP contribution is 2.40. The molecule has 41 heteroatoms. The summed E-state index contributed by atoms with van der Waals surface area (Å²) in [6, 6.07) is 0. The molecule has 21 aliphatic heterocycles. The number of nitrogens with two attached hydrogens (primary N) is 3. The third-order valence-electron chi connectivity index (χ3n) is 17.0. The third-order valence-corrected chi connectivity index (χ3v) is 20.1. The summed E-state index contributed by atoms with van der Waals surface area (Å²) in [5.74, 6) is 2.82. The van der Waals surface area contributed by atoms with Crippen LogP contribution in [0.3, 0.4) is 0 Å². The monoisotopic (exact) mass is 1430 g/mol. The summed E-state index contributed by atoms with van der Waals surface area (Å²) in [5.41, 5.74) is 18.1. The lowest BCUT2D eigenvalue weighted by atomic mass is 9.95. The van der Waals surface area contributed by atoms with Crippen LogP contribution in [0.5, 0.6) is 0 Å². The molecule has 0 aliphatic carbocycles. The molecule has 38 nitrogen and oxygen atoms in total. The van der Waals surface area contributed by atoms with E-state index in [0.717, 1.165) is 23.3 Å². The smallest absolute Gasteiger partial charge is 0.252 e. The van der Waals surface area contributed by atoms with Gasteiger partial charge in [-0.25, -0.2) is 0 Å². The molecule has 27 N–H and O–H groups in total. The number of thioether (sulfide) groups is 3. The van der Waals surface area contributed by atoms with Gasteiger partial charge in [-0.1, -0.05) is 6.92 Å². The Morgan fingerprint density at radius 2 is 0.521 bits per heavy atom. The lowest BCUT2D eigenvalue weighted by Crippen LogP contribution is -2.80. The van der Waals surface area contributed by atoms with Crippen molar-refractivity contribution in [2.45, 2.75) is 228 Å². The normalized spacial score (nSPS) is 47.9. The topological polar surface area (TPSA) is 620 Å². The lowest BCUT2D eigenvalue weighted by molar-refractivity contribution is -0.458. The largest absolute Gasteiger partial charge is 0.394 e. The van der Waals surface area contributed by atoms with E-state index in [-0.39, 0.29) is 36.8 Å². The zero-order chi connectivity index (χ0) is 68.4. The Hall–Kier alpha value is -1.37. The van der Waals surface area contributed by atoms with Gasteiger partial charge in [-0.3, -0.25) is 21.5 Å². The second-order valence-electron chi connectivity index (χ2n) is 23.5. The van der Waals surface area contributed by atoms with Gasteiger partial charge in [0.2, 0.25) is 0 Å². The standard InChI is InChI=1S/C53H93N5O33S3/c1-2-92-7-4-57-24(55)9-25(56)58-5-8-94-16-23-46-32(70)39(77)53(84-23)89-44-21(14-63)80-49(35(73)28(44)66)87-41-18(11-60)81-50(36(74)29(41)67)90-45-22(15-93-6-3-54)83-52(38(76)31(45)69)88-43-20(13-62)79-48(34(72)27(43)65)85-40-17(10-59)78-47(33(71)26(40)64)86-42-19(12-61)82-51(91-46)37(75)30(42)68/h17-23,26-53,59-77H,2-16,54H2,1H3,(H2,55,57)(H2,56,58)/p+2/t17?,18?,19?,20?,21?,22?,23?,26-,27-,28-,29-,30-,31-,32-,33?,34?,35?,36?,37?,38?,39?,40+,41+,42+,43+,44+,45+,46+,47+,48+,49-,50-,51+,52-,53+/m1/s1. The van der Waals surface area contributed by atoms with Crippen molar-refractivity contribution in [1.82, 2.24) is 0 Å². The molecule has 21 fully saturated rings. The fraction of sp³-hybridized carbons (Fsp3) is 0.962. The van der Waals surface area contributed by atoms with Crippen LogP contribution < -0.4 is 27.2 Å².